The summed E-state index contributed by atoms with van der Waals surface area (Å²) in [4.78, 5) is 14.3. The number of ether oxygens (including phenoxy) is 1. The highest BCUT2D eigenvalue weighted by Gasteiger charge is 2.28. The van der Waals surface area contributed by atoms with Crippen molar-refractivity contribution < 1.29 is 22.7 Å². The molecule has 0 spiro atoms. The first-order chi connectivity index (χ1) is 10.9. The molecule has 0 bridgehead atoms. The van der Waals surface area contributed by atoms with E-state index in [0.29, 0.717) is 35.4 Å². The van der Waals surface area contributed by atoms with Gasteiger partial charge >= 0.3 is 12.2 Å². The molecule has 0 radical (unpaired) electrons. The molecule has 2 rings (SSSR count). The first-order valence-corrected chi connectivity index (χ1v) is 8.25. The number of methoxy groups -OCH3 is 1. The molecule has 0 aliphatic carbocycles. The third-order valence-electron chi connectivity index (χ3n) is 3.52. The fraction of sp³-hybridized carbons (Fsp3) is 0.533. The summed E-state index contributed by atoms with van der Waals surface area (Å²) in [5.41, 5.74) is 0.395. The predicted octanol–water partition coefficient (Wildman–Crippen LogP) is 3.98. The van der Waals surface area contributed by atoms with Crippen molar-refractivity contribution in [1.29, 1.82) is 0 Å². The molecule has 1 atom stereocenters. The molecule has 1 saturated heterocycles. The number of amides is 2. The topological polar surface area (TPSA) is 41.6 Å². The van der Waals surface area contributed by atoms with Crippen molar-refractivity contribution in [2.45, 2.75) is 30.0 Å². The number of nitrogens with one attached hydrogen (secondary N) is 1. The van der Waals surface area contributed by atoms with Crippen molar-refractivity contribution in [2.24, 2.45) is 0 Å². The molecular formula is C15H19F3N2O2S. The average molecular weight is 348 g/mol. The van der Waals surface area contributed by atoms with E-state index in [0.717, 1.165) is 12.8 Å². The molecule has 0 saturated carbocycles. The van der Waals surface area contributed by atoms with Crippen LogP contribution in [-0.4, -0.2) is 49.2 Å². The fourth-order valence-electron chi connectivity index (χ4n) is 2.36. The van der Waals surface area contributed by atoms with Gasteiger partial charge in [0.05, 0.1) is 17.5 Å². The maximum Gasteiger partial charge on any atom is 0.398 e. The largest absolute Gasteiger partial charge is 0.398 e. The lowest BCUT2D eigenvalue weighted by atomic mass is 10.1. The van der Waals surface area contributed by atoms with Crippen LogP contribution in [0.4, 0.5) is 23.7 Å². The third kappa shape index (κ3) is 5.62. The van der Waals surface area contributed by atoms with Gasteiger partial charge in [-0.15, -0.1) is 11.8 Å². The van der Waals surface area contributed by atoms with Gasteiger partial charge in [-0.25, -0.2) is 4.79 Å². The molecule has 1 aliphatic rings. The summed E-state index contributed by atoms with van der Waals surface area (Å²) >= 11 is 0.665. The van der Waals surface area contributed by atoms with E-state index in [-0.39, 0.29) is 12.1 Å². The predicted molar refractivity (Wildman–Crippen MR) is 83.8 cm³/mol. The normalized spacial score (nSPS) is 18.8. The van der Waals surface area contributed by atoms with Crippen molar-refractivity contribution in [3.05, 3.63) is 24.3 Å². The molecule has 1 aromatic carbocycles. The van der Waals surface area contributed by atoms with E-state index >= 15 is 0 Å². The van der Waals surface area contributed by atoms with E-state index < -0.39 is 11.9 Å². The van der Waals surface area contributed by atoms with Crippen LogP contribution in [0.3, 0.4) is 0 Å². The van der Waals surface area contributed by atoms with Gasteiger partial charge in [0.2, 0.25) is 0 Å². The minimum Gasteiger partial charge on any atom is -0.380 e. The molecule has 1 aromatic rings. The number of halogens is 3. The quantitative estimate of drug-likeness (QED) is 0.837. The number of anilines is 1. The molecule has 0 aromatic heterocycles. The first kappa shape index (κ1) is 17.9. The van der Waals surface area contributed by atoms with E-state index in [9.17, 15) is 18.0 Å². The summed E-state index contributed by atoms with van der Waals surface area (Å²) in [5, 5.41) is 2.70. The summed E-state index contributed by atoms with van der Waals surface area (Å²) in [7, 11) is 1.61. The summed E-state index contributed by atoms with van der Waals surface area (Å²) in [6.45, 7) is 1.10. The summed E-state index contributed by atoms with van der Waals surface area (Å²) in [5.74, 6) is -0.991. The number of likely N-dealkylation sites (tertiary alicyclic amines) is 1. The lowest BCUT2D eigenvalue weighted by molar-refractivity contribution is -0.105. The van der Waals surface area contributed by atoms with Crippen LogP contribution >= 0.6 is 11.8 Å². The summed E-state index contributed by atoms with van der Waals surface area (Å²) in [6.07, 6.45) is -2.50. The van der Waals surface area contributed by atoms with Crippen molar-refractivity contribution in [3.63, 3.8) is 0 Å². The SMILES string of the molecule is CO[C@@H]1CCCN(C(=O)Nc2ccccc2SCC(F)(F)F)C1. The molecule has 1 heterocycles. The summed E-state index contributed by atoms with van der Waals surface area (Å²) in [6, 6.07) is 6.19. The van der Waals surface area contributed by atoms with Crippen molar-refractivity contribution >= 4 is 23.5 Å². The Morgan fingerprint density at radius 2 is 2.17 bits per heavy atom. The second-order valence-electron chi connectivity index (χ2n) is 5.28. The highest BCUT2D eigenvalue weighted by atomic mass is 32.2. The van der Waals surface area contributed by atoms with Crippen LogP contribution in [0.1, 0.15) is 12.8 Å². The second-order valence-corrected chi connectivity index (χ2v) is 6.29. The molecule has 23 heavy (non-hydrogen) atoms. The molecule has 1 fully saturated rings. The zero-order valence-electron chi connectivity index (χ0n) is 12.7. The lowest BCUT2D eigenvalue weighted by Gasteiger charge is -2.32. The Labute approximate surface area is 137 Å². The van der Waals surface area contributed by atoms with Gasteiger partial charge in [0.15, 0.2) is 0 Å². The Kier molecular flexibility index (Phi) is 6.17. The smallest absolute Gasteiger partial charge is 0.380 e. The minimum atomic E-state index is -4.25. The van der Waals surface area contributed by atoms with Gasteiger partial charge in [0.25, 0.3) is 0 Å². The third-order valence-corrected chi connectivity index (χ3v) is 4.66. The summed E-state index contributed by atoms with van der Waals surface area (Å²) < 4.78 is 42.4. The Morgan fingerprint density at radius 3 is 2.87 bits per heavy atom. The molecule has 4 nitrogen and oxygen atoms in total. The lowest BCUT2D eigenvalue weighted by Crippen LogP contribution is -2.44. The highest BCUT2D eigenvalue weighted by Crippen LogP contribution is 2.32. The van der Waals surface area contributed by atoms with Gasteiger partial charge in [-0.3, -0.25) is 0 Å². The Bertz CT molecular complexity index is 540. The average Bonchev–Trinajstić information content (AvgIpc) is 2.53. The van der Waals surface area contributed by atoms with E-state index in [1.807, 2.05) is 0 Å². The van der Waals surface area contributed by atoms with Gasteiger partial charge in [0, 0.05) is 25.1 Å². The van der Waals surface area contributed by atoms with Crippen LogP contribution in [0.15, 0.2) is 29.2 Å². The minimum absolute atomic E-state index is 0.00403. The Balaban J connectivity index is 2.00. The number of carbonyl (C=O) groups is 1. The van der Waals surface area contributed by atoms with Crippen LogP contribution < -0.4 is 5.32 Å². The van der Waals surface area contributed by atoms with Gasteiger partial charge < -0.3 is 15.0 Å². The van der Waals surface area contributed by atoms with Crippen LogP contribution in [0.2, 0.25) is 0 Å². The first-order valence-electron chi connectivity index (χ1n) is 7.26. The van der Waals surface area contributed by atoms with Crippen LogP contribution in [0.25, 0.3) is 0 Å². The number of hydrogen-bond acceptors (Lipinski definition) is 3. The number of rotatable bonds is 4. The molecule has 0 unspecified atom stereocenters. The van der Waals surface area contributed by atoms with E-state index in [1.165, 1.54) is 0 Å². The Morgan fingerprint density at radius 1 is 1.43 bits per heavy atom. The molecule has 1 N–H and O–H groups in total. The molecule has 1 aliphatic heterocycles. The van der Waals surface area contributed by atoms with E-state index in [4.69, 9.17) is 4.74 Å². The van der Waals surface area contributed by atoms with Crippen molar-refractivity contribution in [3.8, 4) is 0 Å². The number of piperidine rings is 1. The van der Waals surface area contributed by atoms with Crippen molar-refractivity contribution in [1.82, 2.24) is 4.90 Å². The van der Waals surface area contributed by atoms with Gasteiger partial charge in [0.1, 0.15) is 0 Å². The fourth-order valence-corrected chi connectivity index (χ4v) is 3.13. The Hall–Kier alpha value is -1.41. The van der Waals surface area contributed by atoms with Crippen LogP contribution in [0.5, 0.6) is 0 Å². The zero-order valence-corrected chi connectivity index (χ0v) is 13.5. The van der Waals surface area contributed by atoms with Crippen molar-refractivity contribution in [2.75, 3.05) is 31.3 Å². The van der Waals surface area contributed by atoms with Gasteiger partial charge in [-0.2, -0.15) is 13.2 Å². The van der Waals surface area contributed by atoms with Gasteiger partial charge in [-0.05, 0) is 25.0 Å². The number of alkyl halides is 3. The molecule has 8 heteroatoms. The maximum atomic E-state index is 12.4. The number of nitrogens with zero attached hydrogens (tertiary/aromatic N) is 1. The van der Waals surface area contributed by atoms with Gasteiger partial charge in [-0.1, -0.05) is 12.1 Å². The highest BCUT2D eigenvalue weighted by molar-refractivity contribution is 7.99. The number of urea groups is 1. The molecule has 128 valence electrons. The van der Waals surface area contributed by atoms with E-state index in [2.05, 4.69) is 5.32 Å². The molecular weight excluding hydrogens is 329 g/mol. The number of para-hydroxylation sites is 1. The number of benzene rings is 1. The number of carbonyl (C=O) groups excluding carboxylic acids is 1. The van der Waals surface area contributed by atoms with E-state index in [1.54, 1.807) is 36.3 Å². The number of thioether (sulfide) groups is 1. The standard InChI is InChI=1S/C15H19F3N2O2S/c1-22-11-5-4-8-20(9-11)14(21)19-12-6-2-3-7-13(12)23-10-15(16,17)18/h2-3,6-7,11H,4-5,8-10H2,1H3,(H,19,21)/t11-/m1/s1. The second kappa shape index (κ2) is 7.92. The van der Waals surface area contributed by atoms with Crippen LogP contribution in [0, 0.1) is 0 Å². The maximum absolute atomic E-state index is 12.4. The zero-order chi connectivity index (χ0) is 16.9. The number of hydrogen-bond donors (Lipinski definition) is 1. The monoisotopic (exact) mass is 348 g/mol. The molecule has 2 amide bonds. The van der Waals surface area contributed by atoms with Crippen LogP contribution in [-0.2, 0) is 4.74 Å².